The highest BCUT2D eigenvalue weighted by molar-refractivity contribution is 7.10. The van der Waals surface area contributed by atoms with Crippen LogP contribution in [0.1, 0.15) is 23.3 Å². The van der Waals surface area contributed by atoms with Crippen LogP contribution < -0.4 is 0 Å². The highest BCUT2D eigenvalue weighted by Gasteiger charge is 2.41. The Hall–Kier alpha value is -0.870. The molecule has 1 aromatic heterocycles. The normalized spacial score (nSPS) is 21.9. The van der Waals surface area contributed by atoms with Crippen molar-refractivity contribution in [3.05, 3.63) is 21.9 Å². The molecule has 4 heteroatoms. The van der Waals surface area contributed by atoms with Gasteiger partial charge in [-0.1, -0.05) is 0 Å². The number of methoxy groups -OCH3 is 1. The summed E-state index contributed by atoms with van der Waals surface area (Å²) in [5, 5.41) is 2.15. The fourth-order valence-electron chi connectivity index (χ4n) is 2.68. The van der Waals surface area contributed by atoms with Crippen molar-refractivity contribution >= 4 is 17.3 Å². The van der Waals surface area contributed by atoms with Crippen molar-refractivity contribution in [2.24, 2.45) is 5.92 Å². The second kappa shape index (κ2) is 4.42. The van der Waals surface area contributed by atoms with Gasteiger partial charge in [0.15, 0.2) is 0 Å². The first-order valence-electron chi connectivity index (χ1n) is 6.16. The summed E-state index contributed by atoms with van der Waals surface area (Å²) < 4.78 is 4.96. The Morgan fingerprint density at radius 1 is 1.59 bits per heavy atom. The molecule has 1 fully saturated rings. The molecular weight excluding hydrogens is 234 g/mol. The summed E-state index contributed by atoms with van der Waals surface area (Å²) in [6.07, 6.45) is 3.42. The van der Waals surface area contributed by atoms with Crippen molar-refractivity contribution < 1.29 is 9.53 Å². The van der Waals surface area contributed by atoms with Gasteiger partial charge in [-0.15, -0.1) is 11.3 Å². The van der Waals surface area contributed by atoms with Gasteiger partial charge in [-0.25, -0.2) is 0 Å². The topological polar surface area (TPSA) is 29.5 Å². The van der Waals surface area contributed by atoms with E-state index in [9.17, 15) is 4.79 Å². The lowest BCUT2D eigenvalue weighted by Crippen LogP contribution is -2.45. The number of esters is 1. The molecule has 0 amide bonds. The lowest BCUT2D eigenvalue weighted by molar-refractivity contribution is -0.148. The van der Waals surface area contributed by atoms with E-state index < -0.39 is 0 Å². The summed E-state index contributed by atoms with van der Waals surface area (Å²) in [7, 11) is 1.50. The third-order valence-electron chi connectivity index (χ3n) is 3.74. The summed E-state index contributed by atoms with van der Waals surface area (Å²) in [6, 6.07) is 2.18. The lowest BCUT2D eigenvalue weighted by atomic mass is 10.0. The van der Waals surface area contributed by atoms with Crippen LogP contribution in [0.25, 0.3) is 0 Å². The van der Waals surface area contributed by atoms with Gasteiger partial charge >= 0.3 is 5.97 Å². The SMILES string of the molecule is COC(=O)C(C1CC1)N1CCc2sccc2C1. The molecule has 1 atom stereocenters. The van der Waals surface area contributed by atoms with E-state index in [0.29, 0.717) is 5.92 Å². The maximum atomic E-state index is 11.9. The van der Waals surface area contributed by atoms with Crippen LogP contribution in [0.3, 0.4) is 0 Å². The largest absolute Gasteiger partial charge is 0.468 e. The van der Waals surface area contributed by atoms with Crippen LogP contribution in [0.15, 0.2) is 11.4 Å². The molecule has 0 N–H and O–H groups in total. The third-order valence-corrected chi connectivity index (χ3v) is 4.76. The first kappa shape index (κ1) is 11.2. The molecule has 1 aliphatic heterocycles. The molecule has 3 rings (SSSR count). The predicted octanol–water partition coefficient (Wildman–Crippen LogP) is 2.06. The molecule has 92 valence electrons. The average molecular weight is 251 g/mol. The minimum atomic E-state index is -0.0498. The number of fused-ring (bicyclic) bond motifs is 1. The Balaban J connectivity index is 1.77. The molecule has 1 unspecified atom stereocenters. The van der Waals surface area contributed by atoms with Crippen LogP contribution in [0.5, 0.6) is 0 Å². The fourth-order valence-corrected chi connectivity index (χ4v) is 3.57. The van der Waals surface area contributed by atoms with Gasteiger partial charge in [0, 0.05) is 18.0 Å². The zero-order valence-corrected chi connectivity index (χ0v) is 10.8. The second-order valence-electron chi connectivity index (χ2n) is 4.89. The molecular formula is C13H17NO2S. The number of ether oxygens (including phenoxy) is 1. The number of carbonyl (C=O) groups excluding carboxylic acids is 1. The first-order valence-corrected chi connectivity index (χ1v) is 7.04. The van der Waals surface area contributed by atoms with Crippen LogP contribution in [-0.4, -0.2) is 30.6 Å². The van der Waals surface area contributed by atoms with Crippen LogP contribution in [0.4, 0.5) is 0 Å². The molecule has 1 aromatic rings. The molecule has 2 aliphatic rings. The first-order chi connectivity index (χ1) is 8.29. The smallest absolute Gasteiger partial charge is 0.323 e. The van der Waals surface area contributed by atoms with Crippen molar-refractivity contribution in [3.63, 3.8) is 0 Å². The average Bonchev–Trinajstić information content (AvgIpc) is 3.06. The summed E-state index contributed by atoms with van der Waals surface area (Å²) in [6.45, 7) is 1.90. The molecule has 1 aliphatic carbocycles. The number of nitrogens with zero attached hydrogens (tertiary/aromatic N) is 1. The van der Waals surface area contributed by atoms with Gasteiger partial charge in [-0.2, -0.15) is 0 Å². The summed E-state index contributed by atoms with van der Waals surface area (Å²) in [5.41, 5.74) is 1.40. The van der Waals surface area contributed by atoms with Crippen molar-refractivity contribution in [1.29, 1.82) is 0 Å². The molecule has 3 nitrogen and oxygen atoms in total. The van der Waals surface area contributed by atoms with Gasteiger partial charge in [-0.05, 0) is 42.2 Å². The van der Waals surface area contributed by atoms with Gasteiger partial charge in [0.05, 0.1) is 7.11 Å². The number of hydrogen-bond donors (Lipinski definition) is 0. The van der Waals surface area contributed by atoms with Crippen molar-refractivity contribution in [1.82, 2.24) is 4.90 Å². The molecule has 0 spiro atoms. The van der Waals surface area contributed by atoms with E-state index in [1.807, 2.05) is 11.3 Å². The van der Waals surface area contributed by atoms with E-state index in [-0.39, 0.29) is 12.0 Å². The Morgan fingerprint density at radius 2 is 2.41 bits per heavy atom. The van der Waals surface area contributed by atoms with Crippen molar-refractivity contribution in [3.8, 4) is 0 Å². The number of thiophene rings is 1. The van der Waals surface area contributed by atoms with Gasteiger partial charge in [0.2, 0.25) is 0 Å². The van der Waals surface area contributed by atoms with E-state index in [4.69, 9.17) is 4.74 Å². The Kier molecular flexibility index (Phi) is 2.92. The van der Waals surface area contributed by atoms with Gasteiger partial charge in [0.1, 0.15) is 6.04 Å². The minimum absolute atomic E-state index is 0.00644. The summed E-state index contributed by atoms with van der Waals surface area (Å²) in [4.78, 5) is 15.7. The Labute approximate surface area is 105 Å². The molecule has 0 radical (unpaired) electrons. The molecule has 0 aromatic carbocycles. The van der Waals surface area contributed by atoms with Gasteiger partial charge < -0.3 is 4.74 Å². The zero-order chi connectivity index (χ0) is 11.8. The number of carbonyl (C=O) groups is 1. The molecule has 2 heterocycles. The molecule has 1 saturated carbocycles. The molecule has 0 bridgehead atoms. The van der Waals surface area contributed by atoms with E-state index in [0.717, 1.165) is 19.5 Å². The minimum Gasteiger partial charge on any atom is -0.468 e. The van der Waals surface area contributed by atoms with Crippen molar-refractivity contribution in [2.45, 2.75) is 31.8 Å². The van der Waals surface area contributed by atoms with Crippen molar-refractivity contribution in [2.75, 3.05) is 13.7 Å². The highest BCUT2D eigenvalue weighted by Crippen LogP contribution is 2.38. The standard InChI is InChI=1S/C13H17NO2S/c1-16-13(15)12(9-2-3-9)14-6-4-11-10(8-14)5-7-17-11/h5,7,9,12H,2-4,6,8H2,1H3. The zero-order valence-electron chi connectivity index (χ0n) is 10.0. The van der Waals surface area contributed by atoms with Crippen LogP contribution >= 0.6 is 11.3 Å². The van der Waals surface area contributed by atoms with E-state index in [1.165, 1.54) is 30.4 Å². The Morgan fingerprint density at radius 3 is 3.12 bits per heavy atom. The maximum Gasteiger partial charge on any atom is 0.323 e. The second-order valence-corrected chi connectivity index (χ2v) is 5.90. The quantitative estimate of drug-likeness (QED) is 0.770. The van der Waals surface area contributed by atoms with Gasteiger partial charge in [0.25, 0.3) is 0 Å². The van der Waals surface area contributed by atoms with Crippen LogP contribution in [-0.2, 0) is 22.5 Å². The molecule has 0 saturated heterocycles. The van der Waals surface area contributed by atoms with E-state index >= 15 is 0 Å². The highest BCUT2D eigenvalue weighted by atomic mass is 32.1. The molecule has 17 heavy (non-hydrogen) atoms. The Bertz CT molecular complexity index is 425. The number of hydrogen-bond acceptors (Lipinski definition) is 4. The lowest BCUT2D eigenvalue weighted by Gasteiger charge is -2.32. The third kappa shape index (κ3) is 2.11. The van der Waals surface area contributed by atoms with Crippen LogP contribution in [0.2, 0.25) is 0 Å². The fraction of sp³-hybridized carbons (Fsp3) is 0.615. The predicted molar refractivity (Wildman–Crippen MR) is 67.0 cm³/mol. The number of rotatable bonds is 3. The van der Waals surface area contributed by atoms with E-state index in [1.54, 1.807) is 0 Å². The monoisotopic (exact) mass is 251 g/mol. The summed E-state index contributed by atoms with van der Waals surface area (Å²) in [5.74, 6) is 0.480. The maximum absolute atomic E-state index is 11.9. The van der Waals surface area contributed by atoms with E-state index in [2.05, 4.69) is 16.3 Å². The van der Waals surface area contributed by atoms with Gasteiger partial charge in [-0.3, -0.25) is 9.69 Å². The van der Waals surface area contributed by atoms with Crippen LogP contribution in [0, 0.1) is 5.92 Å². The summed E-state index contributed by atoms with van der Waals surface area (Å²) >= 11 is 1.83.